The van der Waals surface area contributed by atoms with E-state index >= 15 is 0 Å². The molecule has 1 saturated heterocycles. The summed E-state index contributed by atoms with van der Waals surface area (Å²) in [6.07, 6.45) is 0.737. The number of rotatable bonds is 3. The molecule has 1 aliphatic heterocycles. The molecule has 3 heterocycles. The average Bonchev–Trinajstić information content (AvgIpc) is 2.99. The predicted molar refractivity (Wildman–Crippen MR) is 93.8 cm³/mol. The molecule has 0 amide bonds. The lowest BCUT2D eigenvalue weighted by Gasteiger charge is -2.28. The summed E-state index contributed by atoms with van der Waals surface area (Å²) in [5.74, 6) is 1.42. The van der Waals surface area contributed by atoms with Crippen molar-refractivity contribution in [1.82, 2.24) is 19.7 Å². The molecule has 1 aromatic carbocycles. The first-order valence-corrected chi connectivity index (χ1v) is 8.52. The molecular weight excluding hydrogens is 321 g/mol. The fourth-order valence-corrected chi connectivity index (χ4v) is 3.13. The Morgan fingerprint density at radius 2 is 1.84 bits per heavy atom. The molecule has 0 radical (unpaired) electrons. The van der Waals surface area contributed by atoms with Crippen molar-refractivity contribution in [3.63, 3.8) is 0 Å². The summed E-state index contributed by atoms with van der Waals surface area (Å²) in [7, 11) is 0. The zero-order valence-corrected chi connectivity index (χ0v) is 14.4. The third-order valence-electron chi connectivity index (χ3n) is 4.43. The second-order valence-electron chi connectivity index (χ2n) is 6.09. The molecule has 7 heteroatoms. The van der Waals surface area contributed by atoms with E-state index in [9.17, 15) is 4.39 Å². The molecule has 0 bridgehead atoms. The largest absolute Gasteiger partial charge is 0.378 e. The van der Waals surface area contributed by atoms with E-state index in [0.29, 0.717) is 13.2 Å². The van der Waals surface area contributed by atoms with Gasteiger partial charge >= 0.3 is 0 Å². The maximum Gasteiger partial charge on any atom is 0.168 e. The first-order valence-electron chi connectivity index (χ1n) is 8.52. The van der Waals surface area contributed by atoms with Crippen LogP contribution in [0.5, 0.6) is 0 Å². The van der Waals surface area contributed by atoms with Crippen LogP contribution in [0.2, 0.25) is 0 Å². The van der Waals surface area contributed by atoms with Crippen LogP contribution in [0.1, 0.15) is 18.4 Å². The van der Waals surface area contributed by atoms with Gasteiger partial charge in [0.25, 0.3) is 0 Å². The summed E-state index contributed by atoms with van der Waals surface area (Å²) >= 11 is 0. The number of benzene rings is 1. The molecule has 0 aliphatic carbocycles. The zero-order valence-electron chi connectivity index (χ0n) is 14.4. The summed E-state index contributed by atoms with van der Waals surface area (Å²) in [6, 6.07) is 6.29. The van der Waals surface area contributed by atoms with Gasteiger partial charge in [0, 0.05) is 19.5 Å². The van der Waals surface area contributed by atoms with Gasteiger partial charge in [-0.2, -0.15) is 5.10 Å². The van der Waals surface area contributed by atoms with Gasteiger partial charge in [0.05, 0.1) is 30.0 Å². The van der Waals surface area contributed by atoms with E-state index in [4.69, 9.17) is 14.7 Å². The monoisotopic (exact) mass is 341 g/mol. The molecule has 0 atom stereocenters. The number of hydrogen-bond acceptors (Lipinski definition) is 5. The standard InChI is InChI=1S/C18H20FN5O/c1-3-15-20-17(23-8-10-25-11-9-23)16-12(2)22-24(18(16)21-15)14-6-4-13(19)5-7-14/h4-7H,3,8-11H2,1-2H3. The molecule has 130 valence electrons. The van der Waals surface area contributed by atoms with Crippen LogP contribution >= 0.6 is 0 Å². The van der Waals surface area contributed by atoms with Crippen LogP contribution in [0.15, 0.2) is 24.3 Å². The number of halogens is 1. The highest BCUT2D eigenvalue weighted by atomic mass is 19.1. The first kappa shape index (κ1) is 16.0. The van der Waals surface area contributed by atoms with Crippen molar-refractivity contribution >= 4 is 16.9 Å². The Balaban J connectivity index is 1.93. The van der Waals surface area contributed by atoms with Crippen molar-refractivity contribution in [2.75, 3.05) is 31.2 Å². The maximum absolute atomic E-state index is 13.3. The van der Waals surface area contributed by atoms with Crippen molar-refractivity contribution in [3.05, 3.63) is 41.6 Å². The number of aromatic nitrogens is 4. The Morgan fingerprint density at radius 3 is 2.52 bits per heavy atom. The number of anilines is 1. The van der Waals surface area contributed by atoms with Crippen LogP contribution in [0.25, 0.3) is 16.7 Å². The fraction of sp³-hybridized carbons (Fsp3) is 0.389. The number of hydrogen-bond donors (Lipinski definition) is 0. The molecule has 6 nitrogen and oxygen atoms in total. The molecule has 1 fully saturated rings. The van der Waals surface area contributed by atoms with Crippen LogP contribution in [-0.4, -0.2) is 46.1 Å². The number of ether oxygens (including phenoxy) is 1. The lowest BCUT2D eigenvalue weighted by molar-refractivity contribution is 0.122. The summed E-state index contributed by atoms with van der Waals surface area (Å²) in [4.78, 5) is 11.7. The SMILES string of the molecule is CCc1nc(N2CCOCC2)c2c(C)nn(-c3ccc(F)cc3)c2n1. The number of aryl methyl sites for hydroxylation is 2. The van der Waals surface area contributed by atoms with Crippen molar-refractivity contribution in [2.45, 2.75) is 20.3 Å². The first-order chi connectivity index (χ1) is 12.2. The van der Waals surface area contributed by atoms with Crippen LogP contribution in [0.3, 0.4) is 0 Å². The zero-order chi connectivity index (χ0) is 17.4. The van der Waals surface area contributed by atoms with Gasteiger partial charge in [-0.3, -0.25) is 0 Å². The minimum Gasteiger partial charge on any atom is -0.378 e. The van der Waals surface area contributed by atoms with Gasteiger partial charge in [-0.1, -0.05) is 6.92 Å². The molecule has 0 unspecified atom stereocenters. The molecule has 2 aromatic heterocycles. The molecule has 1 aliphatic rings. The Bertz CT molecular complexity index is 900. The van der Waals surface area contributed by atoms with E-state index in [1.54, 1.807) is 16.8 Å². The molecular formula is C18H20FN5O. The lowest BCUT2D eigenvalue weighted by atomic mass is 10.2. The lowest BCUT2D eigenvalue weighted by Crippen LogP contribution is -2.37. The Labute approximate surface area is 145 Å². The van der Waals surface area contributed by atoms with E-state index in [1.165, 1.54) is 12.1 Å². The van der Waals surface area contributed by atoms with Crippen molar-refractivity contribution in [3.8, 4) is 5.69 Å². The third kappa shape index (κ3) is 2.84. The van der Waals surface area contributed by atoms with Crippen LogP contribution < -0.4 is 4.90 Å². The highest BCUT2D eigenvalue weighted by Gasteiger charge is 2.22. The van der Waals surface area contributed by atoms with Crippen LogP contribution in [-0.2, 0) is 11.2 Å². The minimum absolute atomic E-state index is 0.269. The highest BCUT2D eigenvalue weighted by Crippen LogP contribution is 2.29. The summed E-state index contributed by atoms with van der Waals surface area (Å²) in [6.45, 7) is 6.99. The Kier molecular flexibility index (Phi) is 4.09. The van der Waals surface area contributed by atoms with E-state index in [2.05, 4.69) is 10.00 Å². The topological polar surface area (TPSA) is 56.1 Å². The Hall–Kier alpha value is -2.54. The van der Waals surface area contributed by atoms with Crippen molar-refractivity contribution in [1.29, 1.82) is 0 Å². The van der Waals surface area contributed by atoms with Gasteiger partial charge in [-0.15, -0.1) is 0 Å². The summed E-state index contributed by atoms with van der Waals surface area (Å²) in [5.41, 5.74) is 2.41. The summed E-state index contributed by atoms with van der Waals surface area (Å²) in [5, 5.41) is 5.60. The van der Waals surface area contributed by atoms with E-state index in [-0.39, 0.29) is 5.82 Å². The van der Waals surface area contributed by atoms with E-state index in [1.807, 2.05) is 13.8 Å². The normalized spacial score (nSPS) is 15.1. The summed E-state index contributed by atoms with van der Waals surface area (Å²) < 4.78 is 20.5. The van der Waals surface area contributed by atoms with Gasteiger partial charge in [0.15, 0.2) is 5.65 Å². The second kappa shape index (κ2) is 6.40. The molecule has 3 aromatic rings. The van der Waals surface area contributed by atoms with E-state index in [0.717, 1.165) is 53.6 Å². The number of fused-ring (bicyclic) bond motifs is 1. The minimum atomic E-state index is -0.269. The maximum atomic E-state index is 13.3. The quantitative estimate of drug-likeness (QED) is 0.733. The van der Waals surface area contributed by atoms with Crippen LogP contribution in [0.4, 0.5) is 10.2 Å². The third-order valence-corrected chi connectivity index (χ3v) is 4.43. The number of nitrogens with zero attached hydrogens (tertiary/aromatic N) is 5. The predicted octanol–water partition coefficient (Wildman–Crippen LogP) is 2.66. The Morgan fingerprint density at radius 1 is 1.12 bits per heavy atom. The molecule has 0 N–H and O–H groups in total. The van der Waals surface area contributed by atoms with Gasteiger partial charge < -0.3 is 9.64 Å². The number of morpholine rings is 1. The van der Waals surface area contributed by atoms with Gasteiger partial charge in [-0.25, -0.2) is 19.0 Å². The van der Waals surface area contributed by atoms with Crippen LogP contribution in [0, 0.1) is 12.7 Å². The average molecular weight is 341 g/mol. The highest BCUT2D eigenvalue weighted by molar-refractivity contribution is 5.91. The fourth-order valence-electron chi connectivity index (χ4n) is 3.13. The van der Waals surface area contributed by atoms with Gasteiger partial charge in [0.1, 0.15) is 17.5 Å². The molecule has 0 spiro atoms. The second-order valence-corrected chi connectivity index (χ2v) is 6.09. The molecule has 25 heavy (non-hydrogen) atoms. The van der Waals surface area contributed by atoms with Gasteiger partial charge in [-0.05, 0) is 31.2 Å². The van der Waals surface area contributed by atoms with E-state index < -0.39 is 0 Å². The molecule has 0 saturated carbocycles. The van der Waals surface area contributed by atoms with Gasteiger partial charge in [0.2, 0.25) is 0 Å². The molecule has 4 rings (SSSR count). The van der Waals surface area contributed by atoms with Crippen molar-refractivity contribution < 1.29 is 9.13 Å². The smallest absolute Gasteiger partial charge is 0.168 e. The van der Waals surface area contributed by atoms with Crippen molar-refractivity contribution in [2.24, 2.45) is 0 Å².